The van der Waals surface area contributed by atoms with E-state index in [9.17, 15) is 9.90 Å². The first-order valence-electron chi connectivity index (χ1n) is 5.65. The van der Waals surface area contributed by atoms with Gasteiger partial charge in [0, 0.05) is 0 Å². The largest absolute Gasteiger partial charge is 0.462 e. The molecule has 0 saturated carbocycles. The van der Waals surface area contributed by atoms with E-state index < -0.39 is 5.60 Å². The highest BCUT2D eigenvalue weighted by atomic mass is 16.5. The third-order valence-corrected chi connectivity index (χ3v) is 2.19. The van der Waals surface area contributed by atoms with Crippen LogP contribution in [0.1, 0.15) is 53.9 Å². The topological polar surface area (TPSA) is 46.5 Å². The SMILES string of the molecule is CC(CCCC(C)(C)O)OC(=O)C(C)C. The second-order valence-corrected chi connectivity index (χ2v) is 5.11. The van der Waals surface area contributed by atoms with Crippen molar-refractivity contribution in [2.75, 3.05) is 0 Å². The Balaban J connectivity index is 3.67. The Hall–Kier alpha value is -0.570. The first-order valence-corrected chi connectivity index (χ1v) is 5.65. The van der Waals surface area contributed by atoms with E-state index in [-0.39, 0.29) is 18.0 Å². The molecule has 1 unspecified atom stereocenters. The minimum atomic E-state index is -0.623. The van der Waals surface area contributed by atoms with Crippen LogP contribution in [0.2, 0.25) is 0 Å². The van der Waals surface area contributed by atoms with Crippen LogP contribution in [0, 0.1) is 5.92 Å². The van der Waals surface area contributed by atoms with Crippen LogP contribution in [0.4, 0.5) is 0 Å². The Morgan fingerprint density at radius 2 is 1.87 bits per heavy atom. The molecule has 0 radical (unpaired) electrons. The molecule has 0 aliphatic carbocycles. The second-order valence-electron chi connectivity index (χ2n) is 5.11. The van der Waals surface area contributed by atoms with Gasteiger partial charge in [0.05, 0.1) is 17.6 Å². The highest BCUT2D eigenvalue weighted by Crippen LogP contribution is 2.14. The number of hydrogen-bond donors (Lipinski definition) is 1. The second kappa shape index (κ2) is 6.11. The van der Waals surface area contributed by atoms with Gasteiger partial charge < -0.3 is 9.84 Å². The summed E-state index contributed by atoms with van der Waals surface area (Å²) in [5, 5.41) is 9.49. The lowest BCUT2D eigenvalue weighted by Crippen LogP contribution is -2.21. The minimum Gasteiger partial charge on any atom is -0.462 e. The number of hydrogen-bond acceptors (Lipinski definition) is 3. The molecule has 0 aliphatic rings. The highest BCUT2D eigenvalue weighted by Gasteiger charge is 2.15. The molecule has 3 heteroatoms. The molecule has 0 rings (SSSR count). The van der Waals surface area contributed by atoms with Gasteiger partial charge in [0.2, 0.25) is 0 Å². The summed E-state index contributed by atoms with van der Waals surface area (Å²) in [6.07, 6.45) is 2.36. The number of ether oxygens (including phenoxy) is 1. The van der Waals surface area contributed by atoms with Crippen molar-refractivity contribution in [3.05, 3.63) is 0 Å². The van der Waals surface area contributed by atoms with Gasteiger partial charge in [-0.3, -0.25) is 4.79 Å². The lowest BCUT2D eigenvalue weighted by atomic mass is 10.0. The molecule has 0 aromatic heterocycles. The Bertz CT molecular complexity index is 192. The van der Waals surface area contributed by atoms with Crippen LogP contribution in [0.3, 0.4) is 0 Å². The molecule has 1 atom stereocenters. The molecule has 90 valence electrons. The number of esters is 1. The third-order valence-electron chi connectivity index (χ3n) is 2.19. The van der Waals surface area contributed by atoms with Gasteiger partial charge in [-0.05, 0) is 40.0 Å². The van der Waals surface area contributed by atoms with Gasteiger partial charge in [-0.25, -0.2) is 0 Å². The predicted molar refractivity (Wildman–Crippen MR) is 60.5 cm³/mol. The molecule has 1 N–H and O–H groups in total. The molecule has 0 fully saturated rings. The molecule has 0 aromatic carbocycles. The van der Waals surface area contributed by atoms with E-state index in [1.165, 1.54) is 0 Å². The molecule has 3 nitrogen and oxygen atoms in total. The highest BCUT2D eigenvalue weighted by molar-refractivity contribution is 5.71. The van der Waals surface area contributed by atoms with E-state index in [1.54, 1.807) is 13.8 Å². The Morgan fingerprint density at radius 1 is 1.33 bits per heavy atom. The van der Waals surface area contributed by atoms with E-state index in [4.69, 9.17) is 4.74 Å². The van der Waals surface area contributed by atoms with Crippen molar-refractivity contribution in [2.45, 2.75) is 65.6 Å². The van der Waals surface area contributed by atoms with Gasteiger partial charge in [-0.1, -0.05) is 13.8 Å². The third kappa shape index (κ3) is 8.43. The van der Waals surface area contributed by atoms with Crippen LogP contribution in [-0.2, 0) is 9.53 Å². The molecule has 0 amide bonds. The molecule has 0 aliphatic heterocycles. The van der Waals surface area contributed by atoms with Crippen LogP contribution in [0.15, 0.2) is 0 Å². The molecule has 0 heterocycles. The fraction of sp³-hybridized carbons (Fsp3) is 0.917. The fourth-order valence-corrected chi connectivity index (χ4v) is 1.22. The molecular weight excluding hydrogens is 192 g/mol. The quantitative estimate of drug-likeness (QED) is 0.694. The Morgan fingerprint density at radius 3 is 2.27 bits per heavy atom. The van der Waals surface area contributed by atoms with E-state index in [0.717, 1.165) is 19.3 Å². The van der Waals surface area contributed by atoms with Crippen molar-refractivity contribution >= 4 is 5.97 Å². The average Bonchev–Trinajstić information content (AvgIpc) is 2.01. The lowest BCUT2D eigenvalue weighted by molar-refractivity contribution is -0.152. The predicted octanol–water partition coefficient (Wildman–Crippen LogP) is 2.52. The zero-order chi connectivity index (χ0) is 12.1. The van der Waals surface area contributed by atoms with Crippen LogP contribution in [0.25, 0.3) is 0 Å². The molecule has 0 aromatic rings. The van der Waals surface area contributed by atoms with Gasteiger partial charge >= 0.3 is 5.97 Å². The molecule has 0 spiro atoms. The van der Waals surface area contributed by atoms with E-state index in [0.29, 0.717) is 0 Å². The normalized spacial score (nSPS) is 14.1. The van der Waals surface area contributed by atoms with E-state index in [1.807, 2.05) is 20.8 Å². The summed E-state index contributed by atoms with van der Waals surface area (Å²) in [5.41, 5.74) is -0.623. The summed E-state index contributed by atoms with van der Waals surface area (Å²) in [6.45, 7) is 9.12. The minimum absolute atomic E-state index is 0.0535. The molecule has 15 heavy (non-hydrogen) atoms. The van der Waals surface area contributed by atoms with Gasteiger partial charge in [-0.15, -0.1) is 0 Å². The number of rotatable bonds is 6. The zero-order valence-electron chi connectivity index (χ0n) is 10.5. The van der Waals surface area contributed by atoms with Crippen molar-refractivity contribution in [2.24, 2.45) is 5.92 Å². The van der Waals surface area contributed by atoms with Crippen molar-refractivity contribution in [3.63, 3.8) is 0 Å². The molecule has 0 saturated heterocycles. The smallest absolute Gasteiger partial charge is 0.308 e. The number of aliphatic hydroxyl groups is 1. The van der Waals surface area contributed by atoms with Crippen LogP contribution >= 0.6 is 0 Å². The van der Waals surface area contributed by atoms with Crippen LogP contribution in [-0.4, -0.2) is 22.8 Å². The first kappa shape index (κ1) is 14.4. The zero-order valence-corrected chi connectivity index (χ0v) is 10.5. The van der Waals surface area contributed by atoms with Crippen LogP contribution in [0.5, 0.6) is 0 Å². The van der Waals surface area contributed by atoms with E-state index in [2.05, 4.69) is 0 Å². The van der Waals surface area contributed by atoms with E-state index >= 15 is 0 Å². The molecular formula is C12H24O3. The van der Waals surface area contributed by atoms with Crippen molar-refractivity contribution < 1.29 is 14.6 Å². The van der Waals surface area contributed by atoms with Crippen molar-refractivity contribution in [1.82, 2.24) is 0 Å². The summed E-state index contributed by atoms with van der Waals surface area (Å²) in [7, 11) is 0. The van der Waals surface area contributed by atoms with Crippen molar-refractivity contribution in [1.29, 1.82) is 0 Å². The standard InChI is InChI=1S/C12H24O3/c1-9(2)11(13)15-10(3)7-6-8-12(4,5)14/h9-10,14H,6-8H2,1-5H3. The summed E-state index contributed by atoms with van der Waals surface area (Å²) >= 11 is 0. The van der Waals surface area contributed by atoms with Gasteiger partial charge in [0.1, 0.15) is 0 Å². The lowest BCUT2D eigenvalue weighted by Gasteiger charge is -2.19. The monoisotopic (exact) mass is 216 g/mol. The Kier molecular flexibility index (Phi) is 5.88. The first-order chi connectivity index (χ1) is 6.72. The van der Waals surface area contributed by atoms with Gasteiger partial charge in [0.25, 0.3) is 0 Å². The maximum atomic E-state index is 11.2. The Labute approximate surface area is 92.8 Å². The van der Waals surface area contributed by atoms with Crippen LogP contribution < -0.4 is 0 Å². The van der Waals surface area contributed by atoms with Gasteiger partial charge in [0.15, 0.2) is 0 Å². The number of carbonyl (C=O) groups excluding carboxylic acids is 1. The maximum absolute atomic E-state index is 11.2. The summed E-state index contributed by atoms with van der Waals surface area (Å²) in [6, 6.07) is 0. The average molecular weight is 216 g/mol. The summed E-state index contributed by atoms with van der Waals surface area (Å²) < 4.78 is 5.21. The fourth-order valence-electron chi connectivity index (χ4n) is 1.22. The van der Waals surface area contributed by atoms with Gasteiger partial charge in [-0.2, -0.15) is 0 Å². The molecule has 0 bridgehead atoms. The number of carbonyl (C=O) groups is 1. The maximum Gasteiger partial charge on any atom is 0.308 e. The van der Waals surface area contributed by atoms with Crippen molar-refractivity contribution in [3.8, 4) is 0 Å². The summed E-state index contributed by atoms with van der Waals surface area (Å²) in [4.78, 5) is 11.2. The summed E-state index contributed by atoms with van der Waals surface area (Å²) in [5.74, 6) is -0.215.